The van der Waals surface area contributed by atoms with E-state index in [2.05, 4.69) is 44.5 Å². The topological polar surface area (TPSA) is 94.7 Å². The molecule has 9 nitrogen and oxygen atoms in total. The number of methoxy groups -OCH3 is 1. The van der Waals surface area contributed by atoms with Crippen molar-refractivity contribution in [3.8, 4) is 5.75 Å². The van der Waals surface area contributed by atoms with Crippen LogP contribution in [0.5, 0.6) is 5.75 Å². The van der Waals surface area contributed by atoms with Crippen molar-refractivity contribution in [2.75, 3.05) is 17.7 Å². The lowest BCUT2D eigenvalue weighted by molar-refractivity contribution is 0.415. The summed E-state index contributed by atoms with van der Waals surface area (Å²) in [6, 6.07) is 7.82. The van der Waals surface area contributed by atoms with E-state index in [0.29, 0.717) is 17.3 Å². The number of nitrogens with one attached hydrogen (secondary N) is 2. The molecule has 4 rings (SSSR count). The number of hydrogen-bond acceptors (Lipinski definition) is 7. The van der Waals surface area contributed by atoms with Crippen LogP contribution in [0.25, 0.3) is 11.2 Å². The molecular formula is C19H22N8O. The maximum atomic E-state index is 5.21. The molecule has 0 saturated heterocycles. The van der Waals surface area contributed by atoms with Crippen LogP contribution in [0.2, 0.25) is 0 Å². The average molecular weight is 378 g/mol. The summed E-state index contributed by atoms with van der Waals surface area (Å²) in [5.74, 6) is 1.89. The Hall–Kier alpha value is -3.62. The van der Waals surface area contributed by atoms with Gasteiger partial charge >= 0.3 is 0 Å². The second-order valence-corrected chi connectivity index (χ2v) is 6.69. The Labute approximate surface area is 162 Å². The second kappa shape index (κ2) is 7.18. The highest BCUT2D eigenvalue weighted by Crippen LogP contribution is 2.27. The van der Waals surface area contributed by atoms with Gasteiger partial charge in [-0.3, -0.25) is 4.68 Å². The highest BCUT2D eigenvalue weighted by Gasteiger charge is 2.16. The van der Waals surface area contributed by atoms with Crippen molar-refractivity contribution >= 4 is 34.3 Å². The van der Waals surface area contributed by atoms with Crippen molar-refractivity contribution in [3.05, 3.63) is 43.0 Å². The number of benzene rings is 1. The smallest absolute Gasteiger partial charge is 0.231 e. The summed E-state index contributed by atoms with van der Waals surface area (Å²) in [7, 11) is 3.51. The Morgan fingerprint density at radius 3 is 2.46 bits per heavy atom. The molecule has 4 aromatic rings. The number of aryl methyl sites for hydroxylation is 1. The number of rotatable bonds is 6. The maximum Gasteiger partial charge on any atom is 0.231 e. The fraction of sp³-hybridized carbons (Fsp3) is 0.263. The fourth-order valence-electron chi connectivity index (χ4n) is 2.86. The van der Waals surface area contributed by atoms with Crippen LogP contribution in [0.1, 0.15) is 19.9 Å². The molecule has 0 aliphatic carbocycles. The minimum Gasteiger partial charge on any atom is -0.497 e. The first-order valence-electron chi connectivity index (χ1n) is 8.95. The van der Waals surface area contributed by atoms with Gasteiger partial charge in [0.25, 0.3) is 0 Å². The van der Waals surface area contributed by atoms with Crippen LogP contribution in [-0.2, 0) is 7.05 Å². The third-order valence-electron chi connectivity index (χ3n) is 4.29. The van der Waals surface area contributed by atoms with Crippen molar-refractivity contribution < 1.29 is 4.74 Å². The number of hydrogen-bond donors (Lipinski definition) is 2. The van der Waals surface area contributed by atoms with E-state index in [-0.39, 0.29) is 6.04 Å². The molecule has 0 atom stereocenters. The number of imidazole rings is 1. The van der Waals surface area contributed by atoms with Crippen LogP contribution >= 0.6 is 0 Å². The predicted molar refractivity (Wildman–Crippen MR) is 108 cm³/mol. The van der Waals surface area contributed by atoms with Crippen LogP contribution in [0.3, 0.4) is 0 Å². The van der Waals surface area contributed by atoms with Crippen molar-refractivity contribution in [1.82, 2.24) is 29.3 Å². The second-order valence-electron chi connectivity index (χ2n) is 6.69. The zero-order chi connectivity index (χ0) is 19.7. The molecule has 0 saturated carbocycles. The minimum atomic E-state index is 0.222. The van der Waals surface area contributed by atoms with E-state index in [1.807, 2.05) is 42.1 Å². The minimum absolute atomic E-state index is 0.222. The molecule has 3 aromatic heterocycles. The lowest BCUT2D eigenvalue weighted by atomic mass is 10.3. The lowest BCUT2D eigenvalue weighted by Gasteiger charge is -2.11. The van der Waals surface area contributed by atoms with E-state index in [4.69, 9.17) is 4.74 Å². The molecule has 144 valence electrons. The van der Waals surface area contributed by atoms with Crippen molar-refractivity contribution in [1.29, 1.82) is 0 Å². The van der Waals surface area contributed by atoms with Crippen LogP contribution in [0.15, 0.2) is 43.0 Å². The number of nitrogens with zero attached hydrogens (tertiary/aromatic N) is 6. The van der Waals surface area contributed by atoms with E-state index in [9.17, 15) is 0 Å². The van der Waals surface area contributed by atoms with E-state index in [0.717, 1.165) is 22.8 Å². The molecule has 1 aromatic carbocycles. The summed E-state index contributed by atoms with van der Waals surface area (Å²) in [6.45, 7) is 4.18. The molecule has 0 bridgehead atoms. The number of ether oxygens (including phenoxy) is 1. The molecule has 28 heavy (non-hydrogen) atoms. The van der Waals surface area contributed by atoms with Gasteiger partial charge in [-0.25, -0.2) is 4.98 Å². The zero-order valence-corrected chi connectivity index (χ0v) is 16.2. The van der Waals surface area contributed by atoms with E-state index >= 15 is 0 Å². The summed E-state index contributed by atoms with van der Waals surface area (Å²) in [5.41, 5.74) is 3.16. The number of fused-ring (bicyclic) bond motifs is 1. The van der Waals surface area contributed by atoms with Crippen LogP contribution < -0.4 is 15.4 Å². The lowest BCUT2D eigenvalue weighted by Crippen LogP contribution is -2.05. The fourth-order valence-corrected chi connectivity index (χ4v) is 2.86. The molecule has 9 heteroatoms. The van der Waals surface area contributed by atoms with Crippen molar-refractivity contribution in [2.24, 2.45) is 7.05 Å². The quantitative estimate of drug-likeness (QED) is 0.529. The van der Waals surface area contributed by atoms with E-state index in [1.54, 1.807) is 24.3 Å². The molecule has 0 aliphatic heterocycles. The van der Waals surface area contributed by atoms with E-state index in [1.165, 1.54) is 0 Å². The largest absolute Gasteiger partial charge is 0.497 e. The van der Waals surface area contributed by atoms with Gasteiger partial charge in [-0.1, -0.05) is 0 Å². The standard InChI is InChI=1S/C19H22N8O/c1-12(2)27-11-20-16-17(22-14-9-21-26(3)10-14)24-19(25-18(16)27)23-13-5-7-15(28-4)8-6-13/h5-12H,1-4H3,(H2,22,23,24,25). The van der Waals surface area contributed by atoms with Crippen LogP contribution in [0.4, 0.5) is 23.1 Å². The Morgan fingerprint density at radius 2 is 1.82 bits per heavy atom. The summed E-state index contributed by atoms with van der Waals surface area (Å²) in [5, 5.41) is 10.7. The molecular weight excluding hydrogens is 356 g/mol. The molecule has 3 heterocycles. The van der Waals surface area contributed by atoms with Gasteiger partial charge < -0.3 is 19.9 Å². The first-order valence-corrected chi connectivity index (χ1v) is 8.95. The Balaban J connectivity index is 1.75. The molecule has 0 spiro atoms. The zero-order valence-electron chi connectivity index (χ0n) is 16.2. The number of anilines is 4. The Morgan fingerprint density at radius 1 is 1.04 bits per heavy atom. The molecule has 0 fully saturated rings. The summed E-state index contributed by atoms with van der Waals surface area (Å²) >= 11 is 0. The summed E-state index contributed by atoms with van der Waals surface area (Å²) < 4.78 is 8.95. The monoisotopic (exact) mass is 378 g/mol. The summed E-state index contributed by atoms with van der Waals surface area (Å²) in [4.78, 5) is 13.8. The molecule has 0 unspecified atom stereocenters. The van der Waals surface area contributed by atoms with Gasteiger partial charge in [0.15, 0.2) is 17.0 Å². The Bertz CT molecular complexity index is 1100. The third kappa shape index (κ3) is 3.46. The van der Waals surface area contributed by atoms with Crippen LogP contribution in [0, 0.1) is 0 Å². The van der Waals surface area contributed by atoms with Gasteiger partial charge in [0, 0.05) is 25.0 Å². The average Bonchev–Trinajstić information content (AvgIpc) is 3.28. The summed E-state index contributed by atoms with van der Waals surface area (Å²) in [6.07, 6.45) is 5.41. The van der Waals surface area contributed by atoms with Gasteiger partial charge in [0.2, 0.25) is 5.95 Å². The van der Waals surface area contributed by atoms with Crippen molar-refractivity contribution in [2.45, 2.75) is 19.9 Å². The van der Waals surface area contributed by atoms with Crippen LogP contribution in [-0.4, -0.2) is 36.4 Å². The predicted octanol–water partition coefficient (Wildman–Crippen LogP) is 3.64. The third-order valence-corrected chi connectivity index (χ3v) is 4.29. The molecule has 2 N–H and O–H groups in total. The highest BCUT2D eigenvalue weighted by molar-refractivity contribution is 5.86. The Kier molecular flexibility index (Phi) is 4.56. The normalized spacial score (nSPS) is 11.2. The van der Waals surface area contributed by atoms with Gasteiger partial charge in [0.1, 0.15) is 5.75 Å². The van der Waals surface area contributed by atoms with Gasteiger partial charge in [0.05, 0.1) is 25.3 Å². The number of aromatic nitrogens is 6. The van der Waals surface area contributed by atoms with Gasteiger partial charge in [-0.2, -0.15) is 15.1 Å². The van der Waals surface area contributed by atoms with E-state index < -0.39 is 0 Å². The maximum absolute atomic E-state index is 5.21. The van der Waals surface area contributed by atoms with Gasteiger partial charge in [-0.05, 0) is 38.1 Å². The van der Waals surface area contributed by atoms with Gasteiger partial charge in [-0.15, -0.1) is 0 Å². The van der Waals surface area contributed by atoms with Crippen molar-refractivity contribution in [3.63, 3.8) is 0 Å². The molecule has 0 amide bonds. The molecule has 0 radical (unpaired) electrons. The SMILES string of the molecule is COc1ccc(Nc2nc(Nc3cnn(C)c3)c3ncn(C(C)C)c3n2)cc1. The molecule has 0 aliphatic rings. The highest BCUT2D eigenvalue weighted by atomic mass is 16.5. The first-order chi connectivity index (χ1) is 13.5. The first kappa shape index (κ1) is 17.8.